The summed E-state index contributed by atoms with van der Waals surface area (Å²) in [5.41, 5.74) is 16.8. The largest absolute Gasteiger partial charge is 0.455 e. The second kappa shape index (κ2) is 12.7. The number of aromatic nitrogens is 1. The molecule has 2 aromatic heterocycles. The van der Waals surface area contributed by atoms with Gasteiger partial charge in [0.2, 0.25) is 0 Å². The molecule has 0 atom stereocenters. The van der Waals surface area contributed by atoms with Gasteiger partial charge in [-0.3, -0.25) is 0 Å². The number of hydrogen-bond donors (Lipinski definition) is 0. The van der Waals surface area contributed by atoms with Gasteiger partial charge < -0.3 is 13.9 Å². The normalized spacial score (nSPS) is 11.6. The van der Waals surface area contributed by atoms with Crippen LogP contribution in [0, 0.1) is 20.8 Å². The summed E-state index contributed by atoms with van der Waals surface area (Å²) >= 11 is 0. The van der Waals surface area contributed by atoms with Crippen molar-refractivity contribution >= 4 is 60.8 Å². The smallest absolute Gasteiger partial charge is 0.145 e. The van der Waals surface area contributed by atoms with E-state index in [1.807, 2.05) is 0 Å². The van der Waals surface area contributed by atoms with E-state index >= 15 is 0 Å². The third-order valence-electron chi connectivity index (χ3n) is 10.8. The first kappa shape index (κ1) is 31.9. The number of hydrogen-bond acceptors (Lipinski definition) is 2. The molecular formula is C51H38N2O. The number of aryl methyl sites for hydroxylation is 3. The predicted octanol–water partition coefficient (Wildman–Crippen LogP) is 14.4. The molecular weight excluding hydrogens is 657 g/mol. The van der Waals surface area contributed by atoms with E-state index in [2.05, 4.69) is 206 Å². The van der Waals surface area contributed by atoms with E-state index in [0.29, 0.717) is 0 Å². The zero-order chi connectivity index (χ0) is 36.3. The van der Waals surface area contributed by atoms with Crippen LogP contribution in [0.3, 0.4) is 0 Å². The Labute approximate surface area is 315 Å². The lowest BCUT2D eigenvalue weighted by Gasteiger charge is -2.30. The zero-order valence-corrected chi connectivity index (χ0v) is 30.5. The number of furan rings is 1. The molecule has 0 aliphatic carbocycles. The minimum absolute atomic E-state index is 0.872. The van der Waals surface area contributed by atoms with E-state index in [0.717, 1.165) is 50.1 Å². The highest BCUT2D eigenvalue weighted by Crippen LogP contribution is 2.48. The Balaban J connectivity index is 1.21. The summed E-state index contributed by atoms with van der Waals surface area (Å²) in [5, 5.41) is 4.69. The first-order chi connectivity index (χ1) is 26.5. The number of benzene rings is 8. The molecule has 258 valence electrons. The molecule has 0 unspecified atom stereocenters. The lowest BCUT2D eigenvalue weighted by atomic mass is 9.96. The first-order valence-corrected chi connectivity index (χ1v) is 18.6. The summed E-state index contributed by atoms with van der Waals surface area (Å²) in [5.74, 6) is 0. The van der Waals surface area contributed by atoms with Gasteiger partial charge in [-0.1, -0.05) is 109 Å². The van der Waals surface area contributed by atoms with Crippen LogP contribution in [-0.2, 0) is 0 Å². The van der Waals surface area contributed by atoms with Crippen LogP contribution >= 0.6 is 0 Å². The third-order valence-corrected chi connectivity index (χ3v) is 10.8. The van der Waals surface area contributed by atoms with Gasteiger partial charge in [0, 0.05) is 33.1 Å². The maximum absolute atomic E-state index is 6.90. The molecule has 0 saturated carbocycles. The van der Waals surface area contributed by atoms with Gasteiger partial charge in [0.1, 0.15) is 11.2 Å². The SMILES string of the molecule is Cc1cccc(N(c2c(C)cc(-c3ccccc3)cc2C)c2ccc(-c3cccc(-n4c5ccccc5c5ccccc54)c3)c3oc4ccccc4c23)c1. The quantitative estimate of drug-likeness (QED) is 0.173. The zero-order valence-electron chi connectivity index (χ0n) is 30.5. The van der Waals surface area contributed by atoms with Crippen LogP contribution in [0.5, 0.6) is 0 Å². The highest BCUT2D eigenvalue weighted by molar-refractivity contribution is 6.17. The van der Waals surface area contributed by atoms with Crippen molar-refractivity contribution in [2.45, 2.75) is 20.8 Å². The molecule has 54 heavy (non-hydrogen) atoms. The molecule has 0 radical (unpaired) electrons. The summed E-state index contributed by atoms with van der Waals surface area (Å²) in [6.07, 6.45) is 0. The molecule has 3 nitrogen and oxygen atoms in total. The predicted molar refractivity (Wildman–Crippen MR) is 228 cm³/mol. The second-order valence-electron chi connectivity index (χ2n) is 14.4. The Hall–Kier alpha value is -6.84. The summed E-state index contributed by atoms with van der Waals surface area (Å²) < 4.78 is 9.28. The van der Waals surface area contributed by atoms with E-state index in [4.69, 9.17) is 4.42 Å². The van der Waals surface area contributed by atoms with Crippen LogP contribution in [0.25, 0.3) is 71.7 Å². The van der Waals surface area contributed by atoms with Crippen molar-refractivity contribution < 1.29 is 4.42 Å². The number of anilines is 3. The first-order valence-electron chi connectivity index (χ1n) is 18.6. The number of rotatable bonds is 6. The Morgan fingerprint density at radius 2 is 1.11 bits per heavy atom. The van der Waals surface area contributed by atoms with Crippen LogP contribution in [0.4, 0.5) is 17.1 Å². The molecule has 10 rings (SSSR count). The fraction of sp³-hybridized carbons (Fsp3) is 0.0588. The molecule has 0 aliphatic rings. The molecule has 0 spiro atoms. The Kier molecular flexibility index (Phi) is 7.48. The van der Waals surface area contributed by atoms with Gasteiger partial charge in [-0.15, -0.1) is 0 Å². The van der Waals surface area contributed by atoms with Gasteiger partial charge in [0.15, 0.2) is 0 Å². The molecule has 0 bridgehead atoms. The lowest BCUT2D eigenvalue weighted by Crippen LogP contribution is -2.13. The van der Waals surface area contributed by atoms with E-state index in [1.165, 1.54) is 55.3 Å². The van der Waals surface area contributed by atoms with Gasteiger partial charge >= 0.3 is 0 Å². The lowest BCUT2D eigenvalue weighted by molar-refractivity contribution is 0.670. The highest BCUT2D eigenvalue weighted by atomic mass is 16.3. The van der Waals surface area contributed by atoms with Crippen LogP contribution in [-0.4, -0.2) is 4.57 Å². The topological polar surface area (TPSA) is 21.3 Å². The standard InChI is InChI=1S/C51H38N2O/c1-33-15-13-19-39(29-33)53(50-34(2)30-38(31-35(50)3)36-16-5-4-6-17-36)47-28-27-41(51-49(47)44-23-9-12-26-48(44)54-51)37-18-14-20-40(32-37)52-45-24-10-7-21-42(45)43-22-8-11-25-46(43)52/h4-32H,1-3H3. The molecule has 0 N–H and O–H groups in total. The maximum atomic E-state index is 6.90. The number of fused-ring (bicyclic) bond motifs is 6. The van der Waals surface area contributed by atoms with E-state index in [1.54, 1.807) is 0 Å². The van der Waals surface area contributed by atoms with Gasteiger partial charge in [0.25, 0.3) is 0 Å². The fourth-order valence-electron chi connectivity index (χ4n) is 8.50. The monoisotopic (exact) mass is 694 g/mol. The van der Waals surface area contributed by atoms with Gasteiger partial charge in [-0.25, -0.2) is 0 Å². The van der Waals surface area contributed by atoms with Crippen LogP contribution in [0.15, 0.2) is 180 Å². The molecule has 0 amide bonds. The molecule has 8 aromatic carbocycles. The molecule has 0 fully saturated rings. The molecule has 10 aromatic rings. The van der Waals surface area contributed by atoms with Crippen molar-refractivity contribution in [2.24, 2.45) is 0 Å². The van der Waals surface area contributed by atoms with Gasteiger partial charge in [0.05, 0.1) is 27.8 Å². The van der Waals surface area contributed by atoms with Crippen molar-refractivity contribution in [1.29, 1.82) is 0 Å². The van der Waals surface area contributed by atoms with Crippen molar-refractivity contribution in [2.75, 3.05) is 4.90 Å². The van der Waals surface area contributed by atoms with Gasteiger partial charge in [-0.2, -0.15) is 0 Å². The molecule has 0 saturated heterocycles. The van der Waals surface area contributed by atoms with Crippen molar-refractivity contribution in [1.82, 2.24) is 4.57 Å². The minimum Gasteiger partial charge on any atom is -0.455 e. The molecule has 0 aliphatic heterocycles. The highest BCUT2D eigenvalue weighted by Gasteiger charge is 2.25. The van der Waals surface area contributed by atoms with E-state index in [9.17, 15) is 0 Å². The number of nitrogens with zero attached hydrogens (tertiary/aromatic N) is 2. The van der Waals surface area contributed by atoms with E-state index < -0.39 is 0 Å². The Bertz CT molecular complexity index is 2960. The average molecular weight is 695 g/mol. The Morgan fingerprint density at radius 1 is 0.481 bits per heavy atom. The van der Waals surface area contributed by atoms with Crippen LogP contribution in [0.1, 0.15) is 16.7 Å². The summed E-state index contributed by atoms with van der Waals surface area (Å²) in [6, 6.07) is 63.3. The van der Waals surface area contributed by atoms with Crippen molar-refractivity contribution in [3.8, 4) is 27.9 Å². The summed E-state index contributed by atoms with van der Waals surface area (Å²) in [6.45, 7) is 6.63. The van der Waals surface area contributed by atoms with Crippen LogP contribution in [0.2, 0.25) is 0 Å². The van der Waals surface area contributed by atoms with Crippen molar-refractivity contribution in [3.63, 3.8) is 0 Å². The van der Waals surface area contributed by atoms with Crippen molar-refractivity contribution in [3.05, 3.63) is 193 Å². The summed E-state index contributed by atoms with van der Waals surface area (Å²) in [7, 11) is 0. The molecule has 3 heteroatoms. The van der Waals surface area contributed by atoms with Crippen LogP contribution < -0.4 is 4.90 Å². The molecule has 2 heterocycles. The average Bonchev–Trinajstić information content (AvgIpc) is 3.76. The summed E-state index contributed by atoms with van der Waals surface area (Å²) in [4.78, 5) is 2.44. The number of para-hydroxylation sites is 3. The third kappa shape index (κ3) is 5.12. The second-order valence-corrected chi connectivity index (χ2v) is 14.4. The minimum atomic E-state index is 0.872. The Morgan fingerprint density at radius 3 is 1.83 bits per heavy atom. The van der Waals surface area contributed by atoms with Gasteiger partial charge in [-0.05, 0) is 121 Å². The fourth-order valence-corrected chi connectivity index (χ4v) is 8.50. The van der Waals surface area contributed by atoms with E-state index in [-0.39, 0.29) is 0 Å². The maximum Gasteiger partial charge on any atom is 0.145 e.